The van der Waals surface area contributed by atoms with E-state index in [1.165, 1.54) is 4.68 Å². The van der Waals surface area contributed by atoms with Crippen LogP contribution in [0, 0.1) is 0 Å². The number of alkyl halides is 3. The van der Waals surface area contributed by atoms with Crippen LogP contribution in [0.1, 0.15) is 61.9 Å². The van der Waals surface area contributed by atoms with E-state index >= 15 is 0 Å². The van der Waals surface area contributed by atoms with Crippen LogP contribution in [0.3, 0.4) is 0 Å². The van der Waals surface area contributed by atoms with E-state index in [-0.39, 0.29) is 18.5 Å². The molecule has 1 amide bonds. The van der Waals surface area contributed by atoms with Crippen molar-refractivity contribution in [2.24, 2.45) is 0 Å². The molecule has 2 fully saturated rings. The molecule has 1 aromatic rings. The average molecular weight is 384 g/mol. The molecule has 0 spiro atoms. The molecule has 2 unspecified atom stereocenters. The highest BCUT2D eigenvalue weighted by atomic mass is 19.4. The largest absolute Gasteiger partial charge is 0.435 e. The molecule has 2 bridgehead atoms. The zero-order chi connectivity index (χ0) is 19.2. The zero-order valence-corrected chi connectivity index (χ0v) is 15.7. The highest BCUT2D eigenvalue weighted by Crippen LogP contribution is 2.36. The lowest BCUT2D eigenvalue weighted by Crippen LogP contribution is -2.49. The third-order valence-electron chi connectivity index (χ3n) is 6.53. The van der Waals surface area contributed by atoms with Crippen LogP contribution in [0.5, 0.6) is 0 Å². The molecule has 1 N–H and O–H groups in total. The van der Waals surface area contributed by atoms with Crippen LogP contribution in [0.25, 0.3) is 0 Å². The van der Waals surface area contributed by atoms with Gasteiger partial charge in [-0.05, 0) is 58.4 Å². The van der Waals surface area contributed by atoms with Gasteiger partial charge in [0.1, 0.15) is 6.54 Å². The van der Waals surface area contributed by atoms with E-state index in [0.717, 1.165) is 44.9 Å². The molecule has 27 heavy (non-hydrogen) atoms. The molecule has 150 valence electrons. The number of nitrogens with zero attached hydrogens (tertiary/aromatic N) is 3. The predicted octanol–water partition coefficient (Wildman–Crippen LogP) is 2.91. The molecule has 0 aromatic carbocycles. The van der Waals surface area contributed by atoms with Gasteiger partial charge in [-0.3, -0.25) is 9.48 Å². The van der Waals surface area contributed by atoms with Crippen molar-refractivity contribution in [3.8, 4) is 0 Å². The number of carbonyl (C=O) groups is 1. The topological polar surface area (TPSA) is 50.2 Å². The van der Waals surface area contributed by atoms with Gasteiger partial charge in [-0.2, -0.15) is 18.3 Å². The van der Waals surface area contributed by atoms with Gasteiger partial charge in [-0.1, -0.05) is 6.42 Å². The summed E-state index contributed by atoms with van der Waals surface area (Å²) >= 11 is 0. The molecule has 5 nitrogen and oxygen atoms in total. The zero-order valence-electron chi connectivity index (χ0n) is 15.7. The maximum absolute atomic E-state index is 13.4. The van der Waals surface area contributed by atoms with Crippen molar-refractivity contribution in [1.82, 2.24) is 20.0 Å². The maximum Gasteiger partial charge on any atom is 0.435 e. The quantitative estimate of drug-likeness (QED) is 0.816. The van der Waals surface area contributed by atoms with Crippen LogP contribution in [-0.4, -0.2) is 45.8 Å². The van der Waals surface area contributed by atoms with E-state index in [2.05, 4.69) is 22.4 Å². The second kappa shape index (κ2) is 7.11. The number of halogens is 3. The number of fused-ring (bicyclic) bond motifs is 3. The van der Waals surface area contributed by atoms with Crippen molar-refractivity contribution >= 4 is 5.91 Å². The number of hydrogen-bond donors (Lipinski definition) is 1. The smallest absolute Gasteiger partial charge is 0.352 e. The Kier molecular flexibility index (Phi) is 4.94. The molecule has 1 aromatic heterocycles. The van der Waals surface area contributed by atoms with Gasteiger partial charge in [-0.25, -0.2) is 0 Å². The van der Waals surface area contributed by atoms with Gasteiger partial charge in [-0.15, -0.1) is 0 Å². The molecule has 0 saturated carbocycles. The molecule has 3 heterocycles. The van der Waals surface area contributed by atoms with Crippen molar-refractivity contribution in [3.05, 3.63) is 17.0 Å². The lowest BCUT2D eigenvalue weighted by Gasteiger charge is -2.36. The first-order valence-electron chi connectivity index (χ1n) is 10.00. The molecule has 4 rings (SSSR count). The Bertz CT molecular complexity index is 701. The number of hydrogen-bond acceptors (Lipinski definition) is 3. The Labute approximate surface area is 157 Å². The average Bonchev–Trinajstić information content (AvgIpc) is 2.91. The monoisotopic (exact) mass is 384 g/mol. The number of aromatic nitrogens is 2. The normalized spacial score (nSPS) is 28.7. The Hall–Kier alpha value is -1.57. The minimum absolute atomic E-state index is 0.113. The highest BCUT2D eigenvalue weighted by Gasteiger charge is 2.40. The first-order chi connectivity index (χ1) is 12.8. The van der Waals surface area contributed by atoms with E-state index in [4.69, 9.17) is 0 Å². The van der Waals surface area contributed by atoms with Crippen LogP contribution in [0.2, 0.25) is 0 Å². The van der Waals surface area contributed by atoms with E-state index < -0.39 is 11.9 Å². The summed E-state index contributed by atoms with van der Waals surface area (Å²) in [5, 5.41) is 6.87. The Morgan fingerprint density at radius 1 is 1.15 bits per heavy atom. The summed E-state index contributed by atoms with van der Waals surface area (Å²) in [5.74, 6) is -0.229. The van der Waals surface area contributed by atoms with Crippen LogP contribution < -0.4 is 5.32 Å². The van der Waals surface area contributed by atoms with Crippen LogP contribution in [0.15, 0.2) is 0 Å². The summed E-state index contributed by atoms with van der Waals surface area (Å²) < 4.78 is 41.4. The molecule has 2 saturated heterocycles. The fourth-order valence-corrected chi connectivity index (χ4v) is 5.14. The summed E-state index contributed by atoms with van der Waals surface area (Å²) in [4.78, 5) is 15.0. The minimum atomic E-state index is -4.47. The molecule has 8 heteroatoms. The van der Waals surface area contributed by atoms with Crippen molar-refractivity contribution in [3.63, 3.8) is 0 Å². The third-order valence-corrected chi connectivity index (χ3v) is 6.53. The second-order valence-electron chi connectivity index (χ2n) is 8.28. The first-order valence-corrected chi connectivity index (χ1v) is 10.00. The van der Waals surface area contributed by atoms with Gasteiger partial charge in [0.15, 0.2) is 5.69 Å². The lowest BCUT2D eigenvalue weighted by atomic mass is 9.98. The summed E-state index contributed by atoms with van der Waals surface area (Å²) in [6.45, 7) is -0.125. The molecule has 2 aliphatic heterocycles. The fourth-order valence-electron chi connectivity index (χ4n) is 5.14. The Balaban J connectivity index is 1.47. The van der Waals surface area contributed by atoms with Gasteiger partial charge in [0, 0.05) is 29.4 Å². The fraction of sp³-hybridized carbons (Fsp3) is 0.789. The summed E-state index contributed by atoms with van der Waals surface area (Å²) in [7, 11) is 2.14. The Morgan fingerprint density at radius 3 is 2.48 bits per heavy atom. The molecular formula is C19H27F3N4O. The highest BCUT2D eigenvalue weighted by molar-refractivity contribution is 5.76. The number of nitrogens with one attached hydrogen (secondary N) is 1. The van der Waals surface area contributed by atoms with Gasteiger partial charge in [0.05, 0.1) is 0 Å². The molecule has 2 atom stereocenters. The summed E-state index contributed by atoms with van der Waals surface area (Å²) in [5.41, 5.74) is 0.0908. The van der Waals surface area contributed by atoms with Crippen LogP contribution >= 0.6 is 0 Å². The van der Waals surface area contributed by atoms with Gasteiger partial charge < -0.3 is 10.2 Å². The standard InChI is InChI=1S/C19H27F3N4O/c1-25-13-7-8-14(25)10-12(9-13)23-17(27)11-26-16-6-4-2-3-5-15(16)18(24-26)19(20,21)22/h12-14H,2-11H2,1H3,(H,23,27). The molecule has 0 radical (unpaired) electrons. The van der Waals surface area contributed by atoms with Crippen molar-refractivity contribution in [2.45, 2.75) is 88.6 Å². The number of rotatable bonds is 3. The van der Waals surface area contributed by atoms with Crippen molar-refractivity contribution in [2.75, 3.05) is 7.05 Å². The molecule has 3 aliphatic rings. The van der Waals surface area contributed by atoms with Crippen molar-refractivity contribution in [1.29, 1.82) is 0 Å². The van der Waals surface area contributed by atoms with E-state index in [1.807, 2.05) is 0 Å². The predicted molar refractivity (Wildman–Crippen MR) is 94.2 cm³/mol. The first kappa shape index (κ1) is 18.8. The Morgan fingerprint density at radius 2 is 1.81 bits per heavy atom. The minimum Gasteiger partial charge on any atom is -0.352 e. The van der Waals surface area contributed by atoms with E-state index in [0.29, 0.717) is 36.2 Å². The van der Waals surface area contributed by atoms with Gasteiger partial charge in [0.2, 0.25) is 5.91 Å². The van der Waals surface area contributed by atoms with Crippen LogP contribution in [0.4, 0.5) is 13.2 Å². The number of piperidine rings is 1. The lowest BCUT2D eigenvalue weighted by molar-refractivity contribution is -0.142. The van der Waals surface area contributed by atoms with Gasteiger partial charge in [0.25, 0.3) is 0 Å². The number of amides is 1. The van der Waals surface area contributed by atoms with E-state index in [1.54, 1.807) is 0 Å². The number of carbonyl (C=O) groups excluding carboxylic acids is 1. The van der Waals surface area contributed by atoms with Crippen LogP contribution in [-0.2, 0) is 30.4 Å². The molecular weight excluding hydrogens is 357 g/mol. The van der Waals surface area contributed by atoms with E-state index in [9.17, 15) is 18.0 Å². The van der Waals surface area contributed by atoms with Crippen molar-refractivity contribution < 1.29 is 18.0 Å². The summed E-state index contributed by atoms with van der Waals surface area (Å²) in [6.07, 6.45) is 3.15. The summed E-state index contributed by atoms with van der Waals surface area (Å²) in [6, 6.07) is 1.13. The maximum atomic E-state index is 13.4. The molecule has 1 aliphatic carbocycles. The third kappa shape index (κ3) is 3.73. The SMILES string of the molecule is CN1C2CCC1CC(NC(=O)Cn1nc(C(F)(F)F)c3c1CCCCC3)C2. The van der Waals surface area contributed by atoms with Gasteiger partial charge >= 0.3 is 6.18 Å². The second-order valence-corrected chi connectivity index (χ2v) is 8.28.